The van der Waals surface area contributed by atoms with Crippen LogP contribution in [-0.4, -0.2) is 99.7 Å². The number of carbonyl (C=O) groups is 2. The van der Waals surface area contributed by atoms with Crippen molar-refractivity contribution in [1.82, 2.24) is 28.9 Å². The first kappa shape index (κ1) is 39.0. The Hall–Kier alpha value is -4.46. The maximum absolute atomic E-state index is 15.0. The van der Waals surface area contributed by atoms with Gasteiger partial charge in [0, 0.05) is 28.1 Å². The number of nitrogens with zero attached hydrogens (tertiary/aromatic N) is 5. The Morgan fingerprint density at radius 2 is 1.72 bits per heavy atom. The summed E-state index contributed by atoms with van der Waals surface area (Å²) in [6.45, 7) is 7.17. The van der Waals surface area contributed by atoms with Gasteiger partial charge < -0.3 is 24.2 Å². The second-order valence-electron chi connectivity index (χ2n) is 18.0. The van der Waals surface area contributed by atoms with Crippen LogP contribution in [0.4, 0.5) is 0 Å². The van der Waals surface area contributed by atoms with Crippen molar-refractivity contribution in [3.8, 4) is 17.0 Å². The molecule has 3 saturated heterocycles. The fourth-order valence-corrected chi connectivity index (χ4v) is 11.4. The number of fused-ring (bicyclic) bond motifs is 7. The van der Waals surface area contributed by atoms with Gasteiger partial charge in [-0.2, -0.15) is 5.10 Å². The highest BCUT2D eigenvalue weighted by Crippen LogP contribution is 2.49. The molecule has 3 atom stereocenters. The van der Waals surface area contributed by atoms with Gasteiger partial charge in [0.25, 0.3) is 11.8 Å². The number of methoxy groups -OCH3 is 1. The predicted molar refractivity (Wildman–Crippen MR) is 225 cm³/mol. The normalized spacial score (nSPS) is 24.2. The smallest absolute Gasteiger partial charge is 0.264 e. The summed E-state index contributed by atoms with van der Waals surface area (Å²) in [4.78, 5) is 32.9. The molecule has 9 rings (SSSR count). The second kappa shape index (κ2) is 14.7. The van der Waals surface area contributed by atoms with Gasteiger partial charge in [-0.3, -0.25) is 14.3 Å². The van der Waals surface area contributed by atoms with Gasteiger partial charge in [0.15, 0.2) is 0 Å². The molecule has 58 heavy (non-hydrogen) atoms. The fourth-order valence-electron chi connectivity index (χ4n) is 10.7. The predicted octanol–water partition coefficient (Wildman–Crippen LogP) is 6.98. The highest BCUT2D eigenvalue weighted by Gasteiger charge is 2.55. The third-order valence-corrected chi connectivity index (χ3v) is 15.6. The molecule has 12 nitrogen and oxygen atoms in total. The van der Waals surface area contributed by atoms with Crippen molar-refractivity contribution in [1.29, 1.82) is 0 Å². The molecule has 6 heterocycles. The second-order valence-corrected chi connectivity index (χ2v) is 20.2. The topological polar surface area (TPSA) is 139 Å². The van der Waals surface area contributed by atoms with E-state index in [1.165, 1.54) is 12.0 Å². The quantitative estimate of drug-likeness (QED) is 0.195. The van der Waals surface area contributed by atoms with Crippen LogP contribution in [-0.2, 0) is 16.6 Å². The lowest BCUT2D eigenvalue weighted by Crippen LogP contribution is -2.43. The number of likely N-dealkylation sites (tertiary alicyclic amines) is 1. The average molecular weight is 809 g/mol. The van der Waals surface area contributed by atoms with Crippen LogP contribution in [0, 0.1) is 0 Å². The molecule has 13 heteroatoms. The number of hydrogen-bond acceptors (Lipinski definition) is 8. The molecule has 2 amide bonds. The Morgan fingerprint density at radius 3 is 2.40 bits per heavy atom. The molecule has 0 radical (unpaired) electrons. The highest BCUT2D eigenvalue weighted by atomic mass is 32.2. The summed E-state index contributed by atoms with van der Waals surface area (Å²) in [5.41, 5.74) is 6.72. The number of amides is 2. The van der Waals surface area contributed by atoms with Crippen LogP contribution in [0.2, 0.25) is 0 Å². The van der Waals surface area contributed by atoms with Gasteiger partial charge >= 0.3 is 0 Å². The lowest BCUT2D eigenvalue weighted by Gasteiger charge is -2.31. The van der Waals surface area contributed by atoms with Crippen LogP contribution in [0.25, 0.3) is 33.8 Å². The van der Waals surface area contributed by atoms with Gasteiger partial charge in [-0.15, -0.1) is 0 Å². The molecular weight excluding hydrogens is 753 g/mol. The van der Waals surface area contributed by atoms with E-state index in [4.69, 9.17) is 9.84 Å². The molecule has 1 saturated carbocycles. The monoisotopic (exact) mass is 808 g/mol. The average Bonchev–Trinajstić information content (AvgIpc) is 3.94. The Bertz CT molecular complexity index is 2430. The van der Waals surface area contributed by atoms with E-state index in [-0.39, 0.29) is 29.6 Å². The van der Waals surface area contributed by atoms with E-state index in [9.17, 15) is 23.1 Å². The molecule has 2 aromatic heterocycles. The van der Waals surface area contributed by atoms with Crippen molar-refractivity contribution in [2.75, 3.05) is 27.2 Å². The summed E-state index contributed by atoms with van der Waals surface area (Å²) in [6, 6.07) is 11.6. The van der Waals surface area contributed by atoms with Crippen molar-refractivity contribution in [3.05, 3.63) is 70.5 Å². The van der Waals surface area contributed by atoms with E-state index in [0.717, 1.165) is 109 Å². The summed E-state index contributed by atoms with van der Waals surface area (Å²) in [5.74, 6) is 0.260. The van der Waals surface area contributed by atoms with E-state index in [1.54, 1.807) is 33.2 Å². The van der Waals surface area contributed by atoms with Crippen LogP contribution in [0.3, 0.4) is 0 Å². The van der Waals surface area contributed by atoms with Crippen molar-refractivity contribution in [2.45, 2.75) is 126 Å². The maximum Gasteiger partial charge on any atom is 0.264 e. The van der Waals surface area contributed by atoms with E-state index in [2.05, 4.69) is 44.1 Å². The Balaban J connectivity index is 1.26. The third-order valence-electron chi connectivity index (χ3n) is 13.9. The fraction of sp³-hybridized carbons (Fsp3) is 0.533. The number of sulfonamides is 1. The summed E-state index contributed by atoms with van der Waals surface area (Å²) in [6.07, 6.45) is 13.5. The molecule has 4 aromatic rings. The van der Waals surface area contributed by atoms with Crippen LogP contribution in [0.1, 0.15) is 134 Å². The lowest BCUT2D eigenvalue weighted by molar-refractivity contribution is 0.0185. The van der Waals surface area contributed by atoms with Crippen molar-refractivity contribution >= 4 is 44.4 Å². The molecule has 4 fully saturated rings. The molecule has 2 bridgehead atoms. The first-order chi connectivity index (χ1) is 27.8. The van der Waals surface area contributed by atoms with E-state index >= 15 is 0 Å². The molecule has 4 aliphatic heterocycles. The van der Waals surface area contributed by atoms with Gasteiger partial charge in [0.05, 0.1) is 59.7 Å². The summed E-state index contributed by atoms with van der Waals surface area (Å²) < 4.78 is 38.2. The summed E-state index contributed by atoms with van der Waals surface area (Å²) >= 11 is 0. The molecule has 1 aliphatic carbocycles. The number of benzene rings is 2. The Labute approximate surface area is 341 Å². The van der Waals surface area contributed by atoms with Crippen LogP contribution < -0.4 is 9.46 Å². The number of aromatic nitrogens is 3. The van der Waals surface area contributed by atoms with Crippen molar-refractivity contribution in [3.63, 3.8) is 0 Å². The largest absolute Gasteiger partial charge is 0.497 e. The maximum atomic E-state index is 15.0. The van der Waals surface area contributed by atoms with E-state index < -0.39 is 26.8 Å². The first-order valence-corrected chi connectivity index (χ1v) is 22.7. The van der Waals surface area contributed by atoms with E-state index in [1.807, 2.05) is 30.0 Å². The molecule has 0 spiro atoms. The van der Waals surface area contributed by atoms with Gasteiger partial charge in [-0.1, -0.05) is 25.3 Å². The highest BCUT2D eigenvalue weighted by molar-refractivity contribution is 7.90. The van der Waals surface area contributed by atoms with Gasteiger partial charge in [-0.05, 0) is 145 Å². The number of nitrogens with one attached hydrogen (secondary N) is 1. The zero-order valence-electron chi connectivity index (χ0n) is 34.3. The number of rotatable bonds is 8. The third kappa shape index (κ3) is 6.57. The standard InChI is InChI=1S/C45H56N6O6S/c1-27(2)58(55,56)47-43(52)29-11-14-36-38(23-29)49-26-31(21-30-22-34(57-5)13-15-35(30)42(49)40(36)28-9-7-6-8-10-28)41-37(25-46-51(41)32-17-19-48(4)20-18-32)44(53)50-33-12-16-39(50)45(3,54)24-33/h11,13-15,21-23,25,27-28,32-33,39,54H,6-10,12,16-20,24,26H2,1-5H3,(H,47,52). The van der Waals surface area contributed by atoms with Crippen molar-refractivity contribution < 1.29 is 27.9 Å². The van der Waals surface area contributed by atoms with Gasteiger partial charge in [-0.25, -0.2) is 13.1 Å². The van der Waals surface area contributed by atoms with Crippen LogP contribution in [0.15, 0.2) is 42.6 Å². The number of ether oxygens (including phenoxy) is 1. The van der Waals surface area contributed by atoms with Crippen LogP contribution in [0.5, 0.6) is 5.75 Å². The zero-order chi connectivity index (χ0) is 40.7. The van der Waals surface area contributed by atoms with Crippen molar-refractivity contribution in [2.24, 2.45) is 0 Å². The minimum atomic E-state index is -3.86. The minimum Gasteiger partial charge on any atom is -0.497 e. The zero-order valence-corrected chi connectivity index (χ0v) is 35.1. The number of carbonyl (C=O) groups excluding carboxylic acids is 2. The number of hydrogen-bond donors (Lipinski definition) is 2. The van der Waals surface area contributed by atoms with E-state index in [0.29, 0.717) is 24.4 Å². The first-order valence-electron chi connectivity index (χ1n) is 21.2. The number of piperidine rings is 1. The molecule has 2 N–H and O–H groups in total. The molecular formula is C45H56N6O6S. The minimum absolute atomic E-state index is 0.0257. The van der Waals surface area contributed by atoms with Gasteiger partial charge in [0.1, 0.15) is 5.75 Å². The lowest BCUT2D eigenvalue weighted by atomic mass is 9.81. The number of allylic oxidation sites excluding steroid dienone is 1. The Kier molecular flexibility index (Phi) is 9.87. The van der Waals surface area contributed by atoms with Crippen LogP contribution >= 0.6 is 0 Å². The molecule has 3 unspecified atom stereocenters. The Morgan fingerprint density at radius 1 is 0.966 bits per heavy atom. The SMILES string of the molecule is COc1ccc2c(c1)C=C(c1c(C(=O)N3C4CCC3C(C)(O)C4)cnn1C1CCN(C)CC1)Cn1c-2c(C2CCCCC2)c2ccc(C(=O)NS(=O)(=O)C(C)C)cc21. The molecule has 308 valence electrons. The van der Waals surface area contributed by atoms with Gasteiger partial charge in [0.2, 0.25) is 10.0 Å². The molecule has 5 aliphatic rings. The number of aliphatic hydroxyl groups is 1. The summed E-state index contributed by atoms with van der Waals surface area (Å²) in [7, 11) is -0.0525. The summed E-state index contributed by atoms with van der Waals surface area (Å²) in [5, 5.41) is 16.7. The molecule has 2 aromatic carbocycles.